The van der Waals surface area contributed by atoms with E-state index in [0.29, 0.717) is 30.3 Å². The first-order valence-electron chi connectivity index (χ1n) is 7.48. The lowest BCUT2D eigenvalue weighted by Gasteiger charge is -2.31. The summed E-state index contributed by atoms with van der Waals surface area (Å²) in [6.07, 6.45) is 2.84. The van der Waals surface area contributed by atoms with Crippen molar-refractivity contribution in [2.45, 2.75) is 37.1 Å². The van der Waals surface area contributed by atoms with Crippen molar-refractivity contribution in [1.82, 2.24) is 9.62 Å². The van der Waals surface area contributed by atoms with Gasteiger partial charge in [-0.15, -0.1) is 0 Å². The molecule has 1 heterocycles. The number of sulfonamides is 1. The van der Waals surface area contributed by atoms with Crippen molar-refractivity contribution in [1.29, 1.82) is 0 Å². The molecule has 1 aliphatic heterocycles. The summed E-state index contributed by atoms with van der Waals surface area (Å²) >= 11 is 0. The summed E-state index contributed by atoms with van der Waals surface area (Å²) in [4.78, 5) is 0.336. The summed E-state index contributed by atoms with van der Waals surface area (Å²) < 4.78 is 32.3. The maximum Gasteiger partial charge on any atom is 0.243 e. The van der Waals surface area contributed by atoms with Gasteiger partial charge in [0.2, 0.25) is 10.0 Å². The highest BCUT2D eigenvalue weighted by Gasteiger charge is 2.29. The van der Waals surface area contributed by atoms with Crippen LogP contribution in [-0.4, -0.2) is 45.5 Å². The summed E-state index contributed by atoms with van der Waals surface area (Å²) in [6.45, 7) is 3.80. The first kappa shape index (κ1) is 16.3. The monoisotopic (exact) mass is 312 g/mol. The molecule has 0 spiro atoms. The lowest BCUT2D eigenvalue weighted by atomic mass is 10.1. The van der Waals surface area contributed by atoms with Crippen molar-refractivity contribution in [3.05, 3.63) is 24.3 Å². The molecule has 21 heavy (non-hydrogen) atoms. The normalized spacial score (nSPS) is 20.4. The molecule has 0 amide bonds. The average Bonchev–Trinajstić information content (AvgIpc) is 2.53. The van der Waals surface area contributed by atoms with Crippen LogP contribution in [0.15, 0.2) is 29.2 Å². The zero-order chi connectivity index (χ0) is 15.3. The van der Waals surface area contributed by atoms with Gasteiger partial charge in [0.05, 0.1) is 11.5 Å². The number of piperidine rings is 1. The van der Waals surface area contributed by atoms with Crippen LogP contribution in [0.4, 0.5) is 0 Å². The summed E-state index contributed by atoms with van der Waals surface area (Å²) in [5.74, 6) is 0.711. The first-order chi connectivity index (χ1) is 10.1. The molecule has 1 aromatic carbocycles. The predicted octanol–water partition coefficient (Wildman–Crippen LogP) is 1.85. The van der Waals surface area contributed by atoms with Crippen LogP contribution >= 0.6 is 0 Å². The van der Waals surface area contributed by atoms with Crippen molar-refractivity contribution in [3.63, 3.8) is 0 Å². The number of hydrogen-bond acceptors (Lipinski definition) is 4. The Hall–Kier alpha value is -1.11. The predicted molar refractivity (Wildman–Crippen MR) is 83.1 cm³/mol. The fourth-order valence-corrected chi connectivity index (χ4v) is 4.00. The van der Waals surface area contributed by atoms with Crippen LogP contribution in [0.2, 0.25) is 0 Å². The van der Waals surface area contributed by atoms with Crippen molar-refractivity contribution in [2.75, 3.05) is 26.7 Å². The van der Waals surface area contributed by atoms with E-state index in [0.717, 1.165) is 19.3 Å². The number of nitrogens with zero attached hydrogens (tertiary/aromatic N) is 1. The molecule has 0 bridgehead atoms. The number of nitrogens with one attached hydrogen (secondary N) is 1. The average molecular weight is 312 g/mol. The standard InChI is InChI=1S/C15H24N2O3S/c1-3-11-20-14-6-8-15(9-7-14)21(18,19)17-10-4-5-13(12-17)16-2/h6-9,13,16H,3-5,10-12H2,1-2H3. The Morgan fingerprint density at radius 3 is 2.67 bits per heavy atom. The van der Waals surface area contributed by atoms with E-state index >= 15 is 0 Å². The van der Waals surface area contributed by atoms with E-state index < -0.39 is 10.0 Å². The zero-order valence-corrected chi connectivity index (χ0v) is 13.5. The molecule has 1 N–H and O–H groups in total. The van der Waals surface area contributed by atoms with Crippen LogP contribution < -0.4 is 10.1 Å². The Morgan fingerprint density at radius 2 is 2.05 bits per heavy atom. The van der Waals surface area contributed by atoms with Crippen molar-refractivity contribution in [2.24, 2.45) is 0 Å². The molecule has 0 radical (unpaired) electrons. The van der Waals surface area contributed by atoms with Gasteiger partial charge in [-0.25, -0.2) is 8.42 Å². The zero-order valence-electron chi connectivity index (χ0n) is 12.7. The van der Waals surface area contributed by atoms with Gasteiger partial charge >= 0.3 is 0 Å². The summed E-state index contributed by atoms with van der Waals surface area (Å²) in [5.41, 5.74) is 0. The smallest absolute Gasteiger partial charge is 0.243 e. The summed E-state index contributed by atoms with van der Waals surface area (Å²) in [7, 11) is -1.53. The molecule has 1 unspecified atom stereocenters. The lowest BCUT2D eigenvalue weighted by Crippen LogP contribution is -2.46. The molecule has 1 aliphatic rings. The van der Waals surface area contributed by atoms with Gasteiger partial charge in [-0.05, 0) is 50.6 Å². The molecule has 1 saturated heterocycles. The van der Waals surface area contributed by atoms with Gasteiger partial charge in [0.25, 0.3) is 0 Å². The van der Waals surface area contributed by atoms with E-state index in [1.54, 1.807) is 28.6 Å². The fourth-order valence-electron chi connectivity index (χ4n) is 2.47. The molecule has 1 aromatic rings. The van der Waals surface area contributed by atoms with E-state index in [4.69, 9.17) is 4.74 Å². The van der Waals surface area contributed by atoms with E-state index in [9.17, 15) is 8.42 Å². The Balaban J connectivity index is 2.11. The van der Waals surface area contributed by atoms with Crippen molar-refractivity contribution < 1.29 is 13.2 Å². The highest BCUT2D eigenvalue weighted by atomic mass is 32.2. The van der Waals surface area contributed by atoms with Crippen LogP contribution in [0.25, 0.3) is 0 Å². The van der Waals surface area contributed by atoms with Gasteiger partial charge in [0.15, 0.2) is 0 Å². The second-order valence-electron chi connectivity index (χ2n) is 5.31. The van der Waals surface area contributed by atoms with Crippen LogP contribution in [-0.2, 0) is 10.0 Å². The van der Waals surface area contributed by atoms with Gasteiger partial charge in [-0.3, -0.25) is 0 Å². The minimum Gasteiger partial charge on any atom is -0.494 e. The lowest BCUT2D eigenvalue weighted by molar-refractivity contribution is 0.292. The third-order valence-electron chi connectivity index (χ3n) is 3.73. The molecule has 0 aromatic heterocycles. The molecule has 118 valence electrons. The summed E-state index contributed by atoms with van der Waals surface area (Å²) in [5, 5.41) is 3.16. The topological polar surface area (TPSA) is 58.6 Å². The molecule has 6 heteroatoms. The van der Waals surface area contributed by atoms with Gasteiger partial charge in [0.1, 0.15) is 5.75 Å². The van der Waals surface area contributed by atoms with Crippen LogP contribution in [0.1, 0.15) is 26.2 Å². The maximum atomic E-state index is 12.6. The third kappa shape index (κ3) is 3.96. The van der Waals surface area contributed by atoms with Crippen LogP contribution in [0.5, 0.6) is 5.75 Å². The largest absolute Gasteiger partial charge is 0.494 e. The Labute approximate surface area is 127 Å². The summed E-state index contributed by atoms with van der Waals surface area (Å²) in [6, 6.07) is 6.94. The van der Waals surface area contributed by atoms with Gasteiger partial charge < -0.3 is 10.1 Å². The maximum absolute atomic E-state index is 12.6. The van der Waals surface area contributed by atoms with Crippen molar-refractivity contribution >= 4 is 10.0 Å². The minimum atomic E-state index is -3.40. The molecule has 2 rings (SSSR count). The molecule has 1 fully saturated rings. The Bertz CT molecular complexity index is 543. The van der Waals surface area contributed by atoms with Gasteiger partial charge in [-0.1, -0.05) is 6.92 Å². The van der Waals surface area contributed by atoms with Gasteiger partial charge in [-0.2, -0.15) is 4.31 Å². The number of likely N-dealkylation sites (N-methyl/N-ethyl adjacent to an activating group) is 1. The van der Waals surface area contributed by atoms with Gasteiger partial charge in [0, 0.05) is 19.1 Å². The SMILES string of the molecule is CCCOc1ccc(S(=O)(=O)N2CCCC(NC)C2)cc1. The molecule has 1 atom stereocenters. The molecular formula is C15H24N2O3S. The first-order valence-corrected chi connectivity index (χ1v) is 8.92. The van der Waals surface area contributed by atoms with Crippen LogP contribution in [0.3, 0.4) is 0 Å². The van der Waals surface area contributed by atoms with E-state index in [2.05, 4.69) is 5.32 Å². The second kappa shape index (κ2) is 7.24. The number of ether oxygens (including phenoxy) is 1. The van der Waals surface area contributed by atoms with E-state index in [-0.39, 0.29) is 6.04 Å². The molecule has 0 aliphatic carbocycles. The Morgan fingerprint density at radius 1 is 1.33 bits per heavy atom. The Kier molecular flexibility index (Phi) is 5.61. The third-order valence-corrected chi connectivity index (χ3v) is 5.61. The van der Waals surface area contributed by atoms with Crippen LogP contribution in [0, 0.1) is 0 Å². The molecule has 0 saturated carbocycles. The number of benzene rings is 1. The van der Waals surface area contributed by atoms with E-state index in [1.807, 2.05) is 14.0 Å². The molecular weight excluding hydrogens is 288 g/mol. The highest BCUT2D eigenvalue weighted by molar-refractivity contribution is 7.89. The minimum absolute atomic E-state index is 0.237. The highest BCUT2D eigenvalue weighted by Crippen LogP contribution is 2.22. The fraction of sp³-hybridized carbons (Fsp3) is 0.600. The molecule has 5 nitrogen and oxygen atoms in total. The number of hydrogen-bond donors (Lipinski definition) is 1. The van der Waals surface area contributed by atoms with Crippen molar-refractivity contribution in [3.8, 4) is 5.75 Å². The van der Waals surface area contributed by atoms with E-state index in [1.165, 1.54) is 0 Å². The number of rotatable bonds is 6. The quantitative estimate of drug-likeness (QED) is 0.871. The second-order valence-corrected chi connectivity index (χ2v) is 7.25.